The standard InChI is InChI=1S/C6H8N2O2S.C2H6O2/c7-5-1-3-6(4-2-5)11(8,9)10;3-1-2-4/h1-4H,7H2,(H2,8,9,10);3-4H,1-2H2. The first-order valence-corrected chi connectivity index (χ1v) is 5.56. The van der Waals surface area contributed by atoms with E-state index < -0.39 is 10.0 Å². The summed E-state index contributed by atoms with van der Waals surface area (Å²) < 4.78 is 21.4. The molecular formula is C8H14N2O4S. The highest BCUT2D eigenvalue weighted by Crippen LogP contribution is 2.08. The molecule has 0 fully saturated rings. The monoisotopic (exact) mass is 234 g/mol. The van der Waals surface area contributed by atoms with Crippen LogP contribution in [0.1, 0.15) is 0 Å². The number of aliphatic hydroxyl groups is 2. The number of benzene rings is 1. The summed E-state index contributed by atoms with van der Waals surface area (Å²) >= 11 is 0. The Morgan fingerprint density at radius 2 is 1.47 bits per heavy atom. The van der Waals surface area contributed by atoms with Gasteiger partial charge in [0.25, 0.3) is 0 Å². The Kier molecular flexibility index (Phi) is 5.87. The van der Waals surface area contributed by atoms with Crippen LogP contribution < -0.4 is 10.9 Å². The third-order valence-corrected chi connectivity index (χ3v) is 2.24. The predicted octanol–water partition coefficient (Wildman–Crippen LogP) is -1.11. The first-order valence-electron chi connectivity index (χ1n) is 4.02. The maximum absolute atomic E-state index is 10.7. The van der Waals surface area contributed by atoms with Crippen molar-refractivity contribution in [3.63, 3.8) is 0 Å². The topological polar surface area (TPSA) is 127 Å². The molecule has 0 saturated heterocycles. The third-order valence-electron chi connectivity index (χ3n) is 1.31. The minimum atomic E-state index is -3.58. The zero-order valence-corrected chi connectivity index (χ0v) is 8.81. The van der Waals surface area contributed by atoms with E-state index in [0.717, 1.165) is 0 Å². The fraction of sp³-hybridized carbons (Fsp3) is 0.250. The maximum Gasteiger partial charge on any atom is 0.238 e. The van der Waals surface area contributed by atoms with Crippen LogP contribution in [0.2, 0.25) is 0 Å². The van der Waals surface area contributed by atoms with Gasteiger partial charge in [0.05, 0.1) is 18.1 Å². The summed E-state index contributed by atoms with van der Waals surface area (Å²) in [6.45, 7) is -0.250. The number of nitrogen functional groups attached to an aromatic ring is 1. The molecule has 0 aromatic heterocycles. The molecule has 0 unspecified atom stereocenters. The van der Waals surface area contributed by atoms with E-state index >= 15 is 0 Å². The van der Waals surface area contributed by atoms with Gasteiger partial charge in [0.1, 0.15) is 0 Å². The number of aliphatic hydroxyl groups excluding tert-OH is 2. The van der Waals surface area contributed by atoms with Gasteiger partial charge in [0.2, 0.25) is 10.0 Å². The Bertz CT molecular complexity index is 372. The number of primary sulfonamides is 1. The van der Waals surface area contributed by atoms with Crippen LogP contribution in [0.25, 0.3) is 0 Å². The summed E-state index contributed by atoms with van der Waals surface area (Å²) in [4.78, 5) is 0.0756. The summed E-state index contributed by atoms with van der Waals surface area (Å²) in [5.41, 5.74) is 5.85. The smallest absolute Gasteiger partial charge is 0.238 e. The van der Waals surface area contributed by atoms with E-state index in [1.54, 1.807) is 0 Å². The van der Waals surface area contributed by atoms with Gasteiger partial charge < -0.3 is 15.9 Å². The van der Waals surface area contributed by atoms with Crippen LogP contribution in [0.5, 0.6) is 0 Å². The van der Waals surface area contributed by atoms with Crippen molar-refractivity contribution in [1.29, 1.82) is 0 Å². The number of nitrogens with two attached hydrogens (primary N) is 2. The van der Waals surface area contributed by atoms with Gasteiger partial charge in [-0.15, -0.1) is 0 Å². The second-order valence-corrected chi connectivity index (χ2v) is 4.12. The normalized spacial score (nSPS) is 10.3. The molecule has 7 heteroatoms. The summed E-state index contributed by atoms with van der Waals surface area (Å²) in [6.07, 6.45) is 0. The van der Waals surface area contributed by atoms with E-state index in [1.807, 2.05) is 0 Å². The Hall–Kier alpha value is -1.15. The molecule has 1 aromatic carbocycles. The second-order valence-electron chi connectivity index (χ2n) is 2.56. The second kappa shape index (κ2) is 6.36. The van der Waals surface area contributed by atoms with E-state index in [2.05, 4.69) is 0 Å². The fourth-order valence-electron chi connectivity index (χ4n) is 0.658. The van der Waals surface area contributed by atoms with Gasteiger partial charge in [-0.05, 0) is 24.3 Å². The number of sulfonamides is 1. The highest BCUT2D eigenvalue weighted by atomic mass is 32.2. The lowest BCUT2D eigenvalue weighted by atomic mass is 10.3. The van der Waals surface area contributed by atoms with Gasteiger partial charge in [-0.25, -0.2) is 13.6 Å². The zero-order valence-electron chi connectivity index (χ0n) is 8.00. The van der Waals surface area contributed by atoms with Crippen molar-refractivity contribution in [3.05, 3.63) is 24.3 Å². The molecule has 1 aromatic rings. The molecule has 86 valence electrons. The van der Waals surface area contributed by atoms with Crippen molar-refractivity contribution in [2.24, 2.45) is 5.14 Å². The summed E-state index contributed by atoms with van der Waals surface area (Å²) in [5, 5.41) is 20.1. The van der Waals surface area contributed by atoms with Crippen LogP contribution in [0, 0.1) is 0 Å². The number of anilines is 1. The maximum atomic E-state index is 10.7. The predicted molar refractivity (Wildman–Crippen MR) is 56.4 cm³/mol. The molecule has 0 aliphatic carbocycles. The van der Waals surface area contributed by atoms with E-state index in [4.69, 9.17) is 21.1 Å². The number of hydrogen-bond donors (Lipinski definition) is 4. The third kappa shape index (κ3) is 6.02. The van der Waals surface area contributed by atoms with Gasteiger partial charge >= 0.3 is 0 Å². The van der Waals surface area contributed by atoms with Crippen LogP contribution in [0.4, 0.5) is 5.69 Å². The van der Waals surface area contributed by atoms with Gasteiger partial charge in [0.15, 0.2) is 0 Å². The Morgan fingerprint density at radius 1 is 1.07 bits per heavy atom. The molecule has 15 heavy (non-hydrogen) atoms. The lowest BCUT2D eigenvalue weighted by Gasteiger charge is -1.96. The first-order chi connectivity index (χ1) is 6.91. The molecule has 0 heterocycles. The fourth-order valence-corrected chi connectivity index (χ4v) is 1.17. The summed E-state index contributed by atoms with van der Waals surface area (Å²) in [7, 11) is -3.58. The van der Waals surface area contributed by atoms with E-state index in [-0.39, 0.29) is 18.1 Å². The summed E-state index contributed by atoms with van der Waals surface area (Å²) in [5.74, 6) is 0. The van der Waals surface area contributed by atoms with Gasteiger partial charge in [-0.2, -0.15) is 0 Å². The summed E-state index contributed by atoms with van der Waals surface area (Å²) in [6, 6.07) is 5.70. The zero-order chi connectivity index (χ0) is 11.9. The largest absolute Gasteiger partial charge is 0.399 e. The molecule has 6 nitrogen and oxygen atoms in total. The minimum absolute atomic E-state index is 0.0756. The first kappa shape index (κ1) is 13.8. The van der Waals surface area contributed by atoms with Gasteiger partial charge in [0, 0.05) is 5.69 Å². The van der Waals surface area contributed by atoms with Crippen molar-refractivity contribution in [2.45, 2.75) is 4.90 Å². The molecule has 1 rings (SSSR count). The molecule has 0 saturated carbocycles. The van der Waals surface area contributed by atoms with Gasteiger partial charge in [-0.1, -0.05) is 0 Å². The number of rotatable bonds is 2. The minimum Gasteiger partial charge on any atom is -0.399 e. The van der Waals surface area contributed by atoms with Crippen molar-refractivity contribution >= 4 is 15.7 Å². The van der Waals surface area contributed by atoms with Crippen molar-refractivity contribution < 1.29 is 18.6 Å². The van der Waals surface area contributed by atoms with Crippen molar-refractivity contribution in [3.8, 4) is 0 Å². The van der Waals surface area contributed by atoms with Gasteiger partial charge in [-0.3, -0.25) is 0 Å². The van der Waals surface area contributed by atoms with E-state index in [1.165, 1.54) is 24.3 Å². The van der Waals surface area contributed by atoms with Crippen molar-refractivity contribution in [2.75, 3.05) is 18.9 Å². The Morgan fingerprint density at radius 3 is 1.73 bits per heavy atom. The average molecular weight is 234 g/mol. The molecule has 6 N–H and O–H groups in total. The lowest BCUT2D eigenvalue weighted by Crippen LogP contribution is -2.11. The average Bonchev–Trinajstić information content (AvgIpc) is 2.17. The van der Waals surface area contributed by atoms with Crippen LogP contribution in [0.15, 0.2) is 29.2 Å². The molecular weight excluding hydrogens is 220 g/mol. The van der Waals surface area contributed by atoms with Crippen LogP contribution in [-0.2, 0) is 10.0 Å². The molecule has 0 atom stereocenters. The van der Waals surface area contributed by atoms with E-state index in [9.17, 15) is 8.42 Å². The lowest BCUT2D eigenvalue weighted by molar-refractivity contribution is 0.186. The molecule has 0 aliphatic heterocycles. The SMILES string of the molecule is Nc1ccc(S(N)(=O)=O)cc1.OCCO. The Labute approximate surface area is 88.2 Å². The molecule has 0 aliphatic rings. The molecule has 0 bridgehead atoms. The van der Waals surface area contributed by atoms with E-state index in [0.29, 0.717) is 5.69 Å². The van der Waals surface area contributed by atoms with Crippen molar-refractivity contribution in [1.82, 2.24) is 0 Å². The van der Waals surface area contributed by atoms with Crippen LogP contribution in [0.3, 0.4) is 0 Å². The Balaban J connectivity index is 0.000000423. The quantitative estimate of drug-likeness (QED) is 0.482. The number of hydrogen-bond acceptors (Lipinski definition) is 5. The molecule has 0 radical (unpaired) electrons. The molecule has 0 amide bonds. The highest BCUT2D eigenvalue weighted by Gasteiger charge is 2.04. The van der Waals surface area contributed by atoms with Crippen LogP contribution in [-0.4, -0.2) is 31.8 Å². The molecule has 0 spiro atoms. The highest BCUT2D eigenvalue weighted by molar-refractivity contribution is 7.89. The van der Waals surface area contributed by atoms with Crippen LogP contribution >= 0.6 is 0 Å².